The van der Waals surface area contributed by atoms with Gasteiger partial charge in [-0.25, -0.2) is 4.98 Å². The third-order valence-electron chi connectivity index (χ3n) is 1.61. The van der Waals surface area contributed by atoms with Gasteiger partial charge in [0.2, 0.25) is 5.28 Å². The zero-order chi connectivity index (χ0) is 9.68. The van der Waals surface area contributed by atoms with Crippen molar-refractivity contribution in [2.45, 2.75) is 19.8 Å². The lowest BCUT2D eigenvalue weighted by molar-refractivity contribution is 0.830. The molecule has 0 aromatic carbocycles. The number of aromatic nitrogens is 2. The predicted molar refractivity (Wildman–Crippen MR) is 54.9 cm³/mol. The normalized spacial score (nSPS) is 10.0. The fraction of sp³-hybridized carbons (Fsp3) is 0.500. The van der Waals surface area contributed by atoms with Crippen LogP contribution in [-0.4, -0.2) is 16.5 Å². The summed E-state index contributed by atoms with van der Waals surface area (Å²) in [5.41, 5.74) is 6.15. The molecule has 0 bridgehead atoms. The van der Waals surface area contributed by atoms with Crippen LogP contribution in [-0.2, 0) is 0 Å². The lowest BCUT2D eigenvalue weighted by atomic mass is 10.3. The minimum atomic E-state index is 0.216. The Bertz CT molecular complexity index is 277. The molecule has 0 spiro atoms. The van der Waals surface area contributed by atoms with Crippen LogP contribution in [0.2, 0.25) is 5.28 Å². The monoisotopic (exact) mass is 200 g/mol. The molecular formula is C8H13ClN4. The van der Waals surface area contributed by atoms with Crippen LogP contribution in [0.3, 0.4) is 0 Å². The average Bonchev–Trinajstić information content (AvgIpc) is 2.11. The van der Waals surface area contributed by atoms with Gasteiger partial charge in [0.05, 0.1) is 11.9 Å². The smallest absolute Gasteiger partial charge is 0.224 e. The van der Waals surface area contributed by atoms with Crippen LogP contribution >= 0.6 is 11.6 Å². The standard InChI is InChI=1S/C8H13ClN4/c1-2-3-4-11-7-6(10)5-12-8(9)13-7/h5H,2-4,10H2,1H3,(H,11,12,13). The van der Waals surface area contributed by atoms with Crippen molar-refractivity contribution in [2.75, 3.05) is 17.6 Å². The van der Waals surface area contributed by atoms with E-state index in [9.17, 15) is 0 Å². The Morgan fingerprint density at radius 3 is 3.08 bits per heavy atom. The molecule has 3 N–H and O–H groups in total. The maximum absolute atomic E-state index is 5.63. The first-order chi connectivity index (χ1) is 6.24. The summed E-state index contributed by atoms with van der Waals surface area (Å²) < 4.78 is 0. The lowest BCUT2D eigenvalue weighted by Crippen LogP contribution is -2.06. The summed E-state index contributed by atoms with van der Waals surface area (Å²) in [7, 11) is 0. The van der Waals surface area contributed by atoms with Crippen LogP contribution in [0.25, 0.3) is 0 Å². The van der Waals surface area contributed by atoms with Crippen molar-refractivity contribution >= 4 is 23.1 Å². The van der Waals surface area contributed by atoms with E-state index in [1.807, 2.05) is 0 Å². The lowest BCUT2D eigenvalue weighted by Gasteiger charge is -2.06. The van der Waals surface area contributed by atoms with Crippen molar-refractivity contribution in [3.63, 3.8) is 0 Å². The molecule has 0 amide bonds. The van der Waals surface area contributed by atoms with Crippen LogP contribution in [0.5, 0.6) is 0 Å². The minimum absolute atomic E-state index is 0.216. The second kappa shape index (κ2) is 4.87. The molecule has 1 heterocycles. The molecule has 72 valence electrons. The van der Waals surface area contributed by atoms with Crippen LogP contribution in [0.15, 0.2) is 6.20 Å². The molecule has 1 rings (SSSR count). The highest BCUT2D eigenvalue weighted by Gasteiger charge is 2.00. The van der Waals surface area contributed by atoms with Crippen LogP contribution in [0.1, 0.15) is 19.8 Å². The van der Waals surface area contributed by atoms with Crippen molar-refractivity contribution < 1.29 is 0 Å². The number of hydrogen-bond donors (Lipinski definition) is 2. The number of unbranched alkanes of at least 4 members (excludes halogenated alkanes) is 1. The zero-order valence-electron chi connectivity index (χ0n) is 7.55. The second-order valence-corrected chi connectivity index (χ2v) is 3.06. The Hall–Kier alpha value is -1.03. The first kappa shape index (κ1) is 10.1. The maximum atomic E-state index is 5.63. The van der Waals surface area contributed by atoms with Crippen molar-refractivity contribution in [3.8, 4) is 0 Å². The van der Waals surface area contributed by atoms with E-state index in [4.69, 9.17) is 17.3 Å². The largest absolute Gasteiger partial charge is 0.394 e. The van der Waals surface area contributed by atoms with Crippen molar-refractivity contribution in [3.05, 3.63) is 11.5 Å². The average molecular weight is 201 g/mol. The van der Waals surface area contributed by atoms with Crippen molar-refractivity contribution in [2.24, 2.45) is 0 Å². The highest BCUT2D eigenvalue weighted by molar-refractivity contribution is 6.28. The summed E-state index contributed by atoms with van der Waals surface area (Å²) in [6.07, 6.45) is 3.72. The number of nitrogen functional groups attached to an aromatic ring is 1. The van der Waals surface area contributed by atoms with Crippen LogP contribution in [0.4, 0.5) is 11.5 Å². The Kier molecular flexibility index (Phi) is 3.76. The number of halogens is 1. The summed E-state index contributed by atoms with van der Waals surface area (Å²) >= 11 is 5.61. The zero-order valence-corrected chi connectivity index (χ0v) is 8.30. The molecule has 13 heavy (non-hydrogen) atoms. The Labute approximate surface area is 82.5 Å². The maximum Gasteiger partial charge on any atom is 0.224 e. The van der Waals surface area contributed by atoms with E-state index < -0.39 is 0 Å². The molecule has 0 radical (unpaired) electrons. The van der Waals surface area contributed by atoms with Gasteiger partial charge in [0.15, 0.2) is 5.82 Å². The highest BCUT2D eigenvalue weighted by atomic mass is 35.5. The Morgan fingerprint density at radius 1 is 1.62 bits per heavy atom. The van der Waals surface area contributed by atoms with Gasteiger partial charge >= 0.3 is 0 Å². The van der Waals surface area contributed by atoms with E-state index in [-0.39, 0.29) is 5.28 Å². The van der Waals surface area contributed by atoms with E-state index in [0.29, 0.717) is 11.5 Å². The van der Waals surface area contributed by atoms with E-state index in [2.05, 4.69) is 22.2 Å². The number of anilines is 2. The molecule has 0 unspecified atom stereocenters. The molecule has 5 heteroatoms. The fourth-order valence-corrected chi connectivity index (χ4v) is 1.03. The number of nitrogens with zero attached hydrogens (tertiary/aromatic N) is 2. The SMILES string of the molecule is CCCCNc1nc(Cl)ncc1N. The van der Waals surface area contributed by atoms with Gasteiger partial charge in [-0.05, 0) is 18.0 Å². The predicted octanol–water partition coefficient (Wildman–Crippen LogP) is 1.92. The van der Waals surface area contributed by atoms with Gasteiger partial charge in [0, 0.05) is 6.54 Å². The molecule has 0 saturated heterocycles. The Morgan fingerprint density at radius 2 is 2.38 bits per heavy atom. The molecule has 1 aromatic rings. The van der Waals surface area contributed by atoms with Crippen LogP contribution in [0, 0.1) is 0 Å². The van der Waals surface area contributed by atoms with Crippen LogP contribution < -0.4 is 11.1 Å². The summed E-state index contributed by atoms with van der Waals surface area (Å²) in [5.74, 6) is 0.619. The van der Waals surface area contributed by atoms with E-state index in [0.717, 1.165) is 19.4 Å². The van der Waals surface area contributed by atoms with Crippen molar-refractivity contribution in [1.29, 1.82) is 0 Å². The number of rotatable bonds is 4. The van der Waals surface area contributed by atoms with Gasteiger partial charge in [-0.3, -0.25) is 0 Å². The third kappa shape index (κ3) is 3.06. The van der Waals surface area contributed by atoms with Gasteiger partial charge in [-0.15, -0.1) is 0 Å². The molecule has 1 aromatic heterocycles. The first-order valence-electron chi connectivity index (χ1n) is 4.26. The van der Waals surface area contributed by atoms with Gasteiger partial charge in [0.1, 0.15) is 0 Å². The summed E-state index contributed by atoms with van der Waals surface area (Å²) in [4.78, 5) is 7.72. The molecule has 0 saturated carbocycles. The first-order valence-corrected chi connectivity index (χ1v) is 4.63. The molecule has 0 aliphatic heterocycles. The van der Waals surface area contributed by atoms with Crippen molar-refractivity contribution in [1.82, 2.24) is 9.97 Å². The molecule has 0 atom stereocenters. The molecule has 4 nitrogen and oxygen atoms in total. The summed E-state index contributed by atoms with van der Waals surface area (Å²) in [5, 5.41) is 3.31. The number of nitrogens with one attached hydrogen (secondary N) is 1. The highest BCUT2D eigenvalue weighted by Crippen LogP contribution is 2.15. The van der Waals surface area contributed by atoms with E-state index >= 15 is 0 Å². The van der Waals surface area contributed by atoms with Gasteiger partial charge < -0.3 is 11.1 Å². The molecular weight excluding hydrogens is 188 g/mol. The third-order valence-corrected chi connectivity index (χ3v) is 1.79. The van der Waals surface area contributed by atoms with Gasteiger partial charge in [0.25, 0.3) is 0 Å². The quantitative estimate of drug-likeness (QED) is 0.576. The molecule has 0 fully saturated rings. The molecule has 0 aliphatic rings. The Balaban J connectivity index is 2.59. The topological polar surface area (TPSA) is 63.8 Å². The molecule has 0 aliphatic carbocycles. The second-order valence-electron chi connectivity index (χ2n) is 2.72. The summed E-state index contributed by atoms with van der Waals surface area (Å²) in [6.45, 7) is 2.98. The number of nitrogens with two attached hydrogens (primary N) is 1. The minimum Gasteiger partial charge on any atom is -0.394 e. The van der Waals surface area contributed by atoms with Gasteiger partial charge in [-0.2, -0.15) is 4.98 Å². The summed E-state index contributed by atoms with van der Waals surface area (Å²) in [6, 6.07) is 0. The van der Waals surface area contributed by atoms with E-state index in [1.54, 1.807) is 0 Å². The van der Waals surface area contributed by atoms with Gasteiger partial charge in [-0.1, -0.05) is 13.3 Å². The van der Waals surface area contributed by atoms with E-state index in [1.165, 1.54) is 6.20 Å². The fourth-order valence-electron chi connectivity index (χ4n) is 0.895. The number of hydrogen-bond acceptors (Lipinski definition) is 4.